The molecule has 1 aromatic rings. The minimum absolute atomic E-state index is 0.405. The molecule has 5 heteroatoms. The van der Waals surface area contributed by atoms with Gasteiger partial charge >= 0.3 is 5.97 Å². The number of carbonyl (C=O) groups excluding carboxylic acids is 1. The summed E-state index contributed by atoms with van der Waals surface area (Å²) in [4.78, 5) is 22.9. The number of carbonyl (C=O) groups is 2. The van der Waals surface area contributed by atoms with Crippen LogP contribution in [0.4, 0.5) is 0 Å². The minimum atomic E-state index is -1.30. The fourth-order valence-electron chi connectivity index (χ4n) is 1.45. The quantitative estimate of drug-likeness (QED) is 0.752. The second-order valence-electron chi connectivity index (χ2n) is 5.11. The average Bonchev–Trinajstić information content (AvgIpc) is 2.39. The lowest BCUT2D eigenvalue weighted by Crippen LogP contribution is -2.49. The number of ether oxygens (including phenoxy) is 1. The van der Waals surface area contributed by atoms with E-state index in [2.05, 4.69) is 12.2 Å². The summed E-state index contributed by atoms with van der Waals surface area (Å²) in [5.74, 6) is -0.796. The van der Waals surface area contributed by atoms with Gasteiger partial charge in [0.05, 0.1) is 6.61 Å². The highest BCUT2D eigenvalue weighted by Gasteiger charge is 2.29. The van der Waals surface area contributed by atoms with Crippen molar-refractivity contribution in [3.05, 3.63) is 29.8 Å². The first-order chi connectivity index (χ1) is 9.36. The number of hydrogen-bond donors (Lipinski definition) is 2. The molecule has 0 unspecified atom stereocenters. The van der Waals surface area contributed by atoms with Crippen molar-refractivity contribution in [2.45, 2.75) is 39.2 Å². The van der Waals surface area contributed by atoms with Gasteiger partial charge < -0.3 is 15.2 Å². The molecule has 1 aromatic carbocycles. The summed E-state index contributed by atoms with van der Waals surface area (Å²) in [7, 11) is 0. The van der Waals surface area contributed by atoms with E-state index in [1.807, 2.05) is 0 Å². The lowest BCUT2D eigenvalue weighted by molar-refractivity contribution is -0.143. The number of carboxylic acid groups (broad SMARTS) is 1. The molecule has 0 spiro atoms. The number of hydrogen-bond acceptors (Lipinski definition) is 3. The van der Waals surface area contributed by atoms with Gasteiger partial charge in [-0.3, -0.25) is 4.79 Å². The Kier molecular flexibility index (Phi) is 5.55. The van der Waals surface area contributed by atoms with Gasteiger partial charge in [0, 0.05) is 5.56 Å². The molecule has 1 rings (SSSR count). The first-order valence-corrected chi connectivity index (χ1v) is 6.65. The average molecular weight is 279 g/mol. The van der Waals surface area contributed by atoms with Crippen molar-refractivity contribution < 1.29 is 19.4 Å². The number of amides is 1. The van der Waals surface area contributed by atoms with Crippen LogP contribution in [0.1, 0.15) is 44.0 Å². The third-order valence-electron chi connectivity index (χ3n) is 2.84. The van der Waals surface area contributed by atoms with Gasteiger partial charge in [-0.05, 0) is 44.5 Å². The van der Waals surface area contributed by atoms with Crippen molar-refractivity contribution in [1.82, 2.24) is 5.32 Å². The first-order valence-electron chi connectivity index (χ1n) is 6.65. The van der Waals surface area contributed by atoms with Crippen molar-refractivity contribution in [2.75, 3.05) is 6.61 Å². The Bertz CT molecular complexity index is 465. The van der Waals surface area contributed by atoms with Crippen molar-refractivity contribution in [3.63, 3.8) is 0 Å². The minimum Gasteiger partial charge on any atom is -0.494 e. The Labute approximate surface area is 118 Å². The van der Waals surface area contributed by atoms with E-state index in [1.54, 1.807) is 24.3 Å². The summed E-state index contributed by atoms with van der Waals surface area (Å²) in [6.07, 6.45) is 2.04. The van der Waals surface area contributed by atoms with Crippen LogP contribution in [0.5, 0.6) is 5.75 Å². The lowest BCUT2D eigenvalue weighted by atomic mass is 10.1. The van der Waals surface area contributed by atoms with Gasteiger partial charge in [-0.1, -0.05) is 13.3 Å². The normalized spacial score (nSPS) is 10.9. The Morgan fingerprint density at radius 3 is 2.35 bits per heavy atom. The zero-order valence-electron chi connectivity index (χ0n) is 12.1. The van der Waals surface area contributed by atoms with Crippen molar-refractivity contribution >= 4 is 11.9 Å². The highest BCUT2D eigenvalue weighted by atomic mass is 16.5. The van der Waals surface area contributed by atoms with Gasteiger partial charge in [0.2, 0.25) is 0 Å². The molecular weight excluding hydrogens is 258 g/mol. The molecule has 0 radical (unpaired) electrons. The van der Waals surface area contributed by atoms with Gasteiger partial charge in [0.15, 0.2) is 0 Å². The van der Waals surface area contributed by atoms with E-state index >= 15 is 0 Å². The lowest BCUT2D eigenvalue weighted by Gasteiger charge is -2.21. The SMILES string of the molecule is CCCCOc1ccc(C(=O)NC(C)(C)C(=O)O)cc1. The molecule has 0 aromatic heterocycles. The second kappa shape index (κ2) is 6.93. The van der Waals surface area contributed by atoms with Crippen molar-refractivity contribution in [2.24, 2.45) is 0 Å². The maximum Gasteiger partial charge on any atom is 0.328 e. The first kappa shape index (κ1) is 16.0. The van der Waals surface area contributed by atoms with Crippen LogP contribution in [0.3, 0.4) is 0 Å². The molecule has 110 valence electrons. The Morgan fingerprint density at radius 1 is 1.25 bits per heavy atom. The summed E-state index contributed by atoms with van der Waals surface area (Å²) < 4.78 is 5.49. The molecule has 0 atom stereocenters. The van der Waals surface area contributed by atoms with Crippen LogP contribution < -0.4 is 10.1 Å². The predicted octanol–water partition coefficient (Wildman–Crippen LogP) is 2.46. The van der Waals surface area contributed by atoms with Gasteiger partial charge in [0.25, 0.3) is 5.91 Å². The zero-order chi connectivity index (χ0) is 15.2. The Balaban J connectivity index is 2.64. The smallest absolute Gasteiger partial charge is 0.328 e. The molecule has 0 saturated heterocycles. The van der Waals surface area contributed by atoms with Crippen LogP contribution in [0.2, 0.25) is 0 Å². The van der Waals surface area contributed by atoms with Crippen LogP contribution >= 0.6 is 0 Å². The van der Waals surface area contributed by atoms with E-state index in [9.17, 15) is 9.59 Å². The highest BCUT2D eigenvalue weighted by molar-refractivity contribution is 5.97. The van der Waals surface area contributed by atoms with E-state index in [-0.39, 0.29) is 0 Å². The number of nitrogens with one attached hydrogen (secondary N) is 1. The molecule has 0 aliphatic rings. The number of carboxylic acids is 1. The third-order valence-corrected chi connectivity index (χ3v) is 2.84. The summed E-state index contributed by atoms with van der Waals surface area (Å²) in [5.41, 5.74) is -0.893. The number of aliphatic carboxylic acids is 1. The topological polar surface area (TPSA) is 75.6 Å². The molecule has 5 nitrogen and oxygen atoms in total. The molecule has 20 heavy (non-hydrogen) atoms. The maximum absolute atomic E-state index is 11.9. The fourth-order valence-corrected chi connectivity index (χ4v) is 1.45. The number of rotatable bonds is 7. The maximum atomic E-state index is 11.9. The van der Waals surface area contributed by atoms with Crippen molar-refractivity contribution in [1.29, 1.82) is 0 Å². The van der Waals surface area contributed by atoms with Gasteiger partial charge in [0.1, 0.15) is 11.3 Å². The molecule has 0 aliphatic carbocycles. The summed E-state index contributed by atoms with van der Waals surface area (Å²) >= 11 is 0. The van der Waals surface area contributed by atoms with E-state index in [0.29, 0.717) is 17.9 Å². The Morgan fingerprint density at radius 2 is 1.85 bits per heavy atom. The largest absolute Gasteiger partial charge is 0.494 e. The van der Waals surface area contributed by atoms with Crippen LogP contribution in [0, 0.1) is 0 Å². The molecule has 0 saturated carbocycles. The molecular formula is C15H21NO4. The summed E-state index contributed by atoms with van der Waals surface area (Å²) in [6, 6.07) is 6.65. The standard InChI is InChI=1S/C15H21NO4/c1-4-5-10-20-12-8-6-11(7-9-12)13(17)16-15(2,3)14(18)19/h6-9H,4-5,10H2,1-3H3,(H,16,17)(H,18,19). The molecule has 0 aliphatic heterocycles. The van der Waals surface area contributed by atoms with E-state index in [0.717, 1.165) is 12.8 Å². The van der Waals surface area contributed by atoms with Crippen LogP contribution in [-0.4, -0.2) is 29.1 Å². The predicted molar refractivity (Wildman–Crippen MR) is 76.0 cm³/mol. The number of benzene rings is 1. The van der Waals surface area contributed by atoms with Crippen molar-refractivity contribution in [3.8, 4) is 5.75 Å². The second-order valence-corrected chi connectivity index (χ2v) is 5.11. The van der Waals surface area contributed by atoms with Gasteiger partial charge in [-0.2, -0.15) is 0 Å². The molecule has 0 bridgehead atoms. The summed E-state index contributed by atoms with van der Waals surface area (Å²) in [5, 5.41) is 11.4. The van der Waals surface area contributed by atoms with Crippen LogP contribution in [-0.2, 0) is 4.79 Å². The third kappa shape index (κ3) is 4.57. The Hall–Kier alpha value is -2.04. The van der Waals surface area contributed by atoms with Crippen LogP contribution in [0.25, 0.3) is 0 Å². The summed E-state index contributed by atoms with van der Waals surface area (Å²) in [6.45, 7) is 5.61. The monoisotopic (exact) mass is 279 g/mol. The molecule has 0 fully saturated rings. The van der Waals surface area contributed by atoms with Gasteiger partial charge in [-0.15, -0.1) is 0 Å². The van der Waals surface area contributed by atoms with Crippen LogP contribution in [0.15, 0.2) is 24.3 Å². The molecule has 0 heterocycles. The fraction of sp³-hybridized carbons (Fsp3) is 0.467. The van der Waals surface area contributed by atoms with Gasteiger partial charge in [-0.25, -0.2) is 4.79 Å². The van der Waals surface area contributed by atoms with E-state index in [4.69, 9.17) is 9.84 Å². The van der Waals surface area contributed by atoms with E-state index in [1.165, 1.54) is 13.8 Å². The van der Waals surface area contributed by atoms with E-state index < -0.39 is 17.4 Å². The molecule has 1 amide bonds. The zero-order valence-corrected chi connectivity index (χ0v) is 12.1. The molecule has 2 N–H and O–H groups in total. The highest BCUT2D eigenvalue weighted by Crippen LogP contribution is 2.13. The number of unbranched alkanes of at least 4 members (excludes halogenated alkanes) is 1.